The van der Waals surface area contributed by atoms with Gasteiger partial charge in [-0.05, 0) is 17.0 Å². The number of ether oxygens (including phenoxy) is 1. The third-order valence-corrected chi connectivity index (χ3v) is 2.83. The molecule has 0 aliphatic carbocycles. The van der Waals surface area contributed by atoms with Gasteiger partial charge in [0.1, 0.15) is 17.1 Å². The van der Waals surface area contributed by atoms with Crippen LogP contribution < -0.4 is 0 Å². The highest BCUT2D eigenvalue weighted by atomic mass is 32.1. The molecular weight excluding hydrogens is 220 g/mol. The summed E-state index contributed by atoms with van der Waals surface area (Å²) in [6.07, 6.45) is -2.44. The molecule has 0 aromatic carbocycles. The molecule has 1 rings (SSSR count). The van der Waals surface area contributed by atoms with Crippen molar-refractivity contribution in [2.75, 3.05) is 13.7 Å². The van der Waals surface area contributed by atoms with E-state index in [0.29, 0.717) is 10.4 Å². The molecule has 0 aliphatic heterocycles. The number of hydrogen-bond acceptors (Lipinski definition) is 6. The molecule has 0 saturated heterocycles. The maximum absolute atomic E-state index is 11.1. The van der Waals surface area contributed by atoms with Crippen LogP contribution in [-0.4, -0.2) is 41.1 Å². The van der Waals surface area contributed by atoms with Gasteiger partial charge in [0, 0.05) is 0 Å². The van der Waals surface area contributed by atoms with Gasteiger partial charge in [-0.25, -0.2) is 4.79 Å². The number of methoxy groups -OCH3 is 1. The van der Waals surface area contributed by atoms with E-state index in [9.17, 15) is 15.0 Å². The number of thiophene rings is 1. The molecule has 0 bridgehead atoms. The highest BCUT2D eigenvalue weighted by molar-refractivity contribution is 7.12. The Hall–Kier alpha value is -0.950. The largest absolute Gasteiger partial charge is 0.465 e. The summed E-state index contributed by atoms with van der Waals surface area (Å²) >= 11 is 1.11. The number of carbonyl (C=O) groups excluding carboxylic acids is 1. The van der Waals surface area contributed by atoms with Crippen molar-refractivity contribution in [1.29, 1.82) is 0 Å². The SMILES string of the molecule is COC(=O)c1cc(C(O)C(O)CO)cs1. The second-order valence-corrected chi connectivity index (χ2v) is 3.84. The Labute approximate surface area is 90.6 Å². The minimum Gasteiger partial charge on any atom is -0.465 e. The number of hydrogen-bond donors (Lipinski definition) is 3. The van der Waals surface area contributed by atoms with Gasteiger partial charge in [0.2, 0.25) is 0 Å². The number of aliphatic hydroxyl groups is 3. The lowest BCUT2D eigenvalue weighted by Crippen LogP contribution is -2.21. The highest BCUT2D eigenvalue weighted by Gasteiger charge is 2.20. The molecule has 0 aliphatic rings. The highest BCUT2D eigenvalue weighted by Crippen LogP contribution is 2.23. The van der Waals surface area contributed by atoms with E-state index >= 15 is 0 Å². The number of aliphatic hydroxyl groups excluding tert-OH is 3. The Kier molecular flexibility index (Phi) is 4.22. The summed E-state index contributed by atoms with van der Waals surface area (Å²) in [4.78, 5) is 11.4. The zero-order chi connectivity index (χ0) is 11.4. The van der Waals surface area contributed by atoms with E-state index < -0.39 is 24.8 Å². The van der Waals surface area contributed by atoms with Gasteiger partial charge in [-0.1, -0.05) is 0 Å². The standard InChI is InChI=1S/C9H12O5S/c1-14-9(13)7-2-5(4-15-7)8(12)6(11)3-10/h2,4,6,8,10-12H,3H2,1H3. The lowest BCUT2D eigenvalue weighted by molar-refractivity contribution is -0.0150. The third kappa shape index (κ3) is 2.75. The minimum atomic E-state index is -1.25. The molecule has 1 aromatic heterocycles. The van der Waals surface area contributed by atoms with Crippen molar-refractivity contribution < 1.29 is 24.9 Å². The predicted octanol–water partition coefficient (Wildman–Crippen LogP) is -0.0787. The molecule has 3 N–H and O–H groups in total. The molecule has 5 nitrogen and oxygen atoms in total. The second kappa shape index (κ2) is 5.22. The van der Waals surface area contributed by atoms with Gasteiger partial charge in [-0.2, -0.15) is 0 Å². The van der Waals surface area contributed by atoms with Crippen molar-refractivity contribution in [3.8, 4) is 0 Å². The van der Waals surface area contributed by atoms with E-state index in [0.717, 1.165) is 11.3 Å². The van der Waals surface area contributed by atoms with Crippen molar-refractivity contribution >= 4 is 17.3 Å². The van der Waals surface area contributed by atoms with Crippen molar-refractivity contribution in [3.05, 3.63) is 21.9 Å². The number of carbonyl (C=O) groups is 1. The summed E-state index contributed by atoms with van der Waals surface area (Å²) in [6.45, 7) is -0.537. The van der Waals surface area contributed by atoms with E-state index in [1.807, 2.05) is 0 Å². The summed E-state index contributed by atoms with van der Waals surface area (Å²) in [7, 11) is 1.26. The molecule has 6 heteroatoms. The zero-order valence-electron chi connectivity index (χ0n) is 8.08. The van der Waals surface area contributed by atoms with E-state index in [-0.39, 0.29) is 0 Å². The first-order valence-electron chi connectivity index (χ1n) is 4.24. The van der Waals surface area contributed by atoms with Crippen molar-refractivity contribution in [3.63, 3.8) is 0 Å². The summed E-state index contributed by atoms with van der Waals surface area (Å²) in [5.74, 6) is -0.489. The van der Waals surface area contributed by atoms with Crippen LogP contribution in [0.1, 0.15) is 21.3 Å². The van der Waals surface area contributed by atoms with E-state index in [4.69, 9.17) is 5.11 Å². The van der Waals surface area contributed by atoms with Crippen LogP contribution >= 0.6 is 11.3 Å². The van der Waals surface area contributed by atoms with Crippen LogP contribution in [0.15, 0.2) is 11.4 Å². The number of esters is 1. The molecule has 1 aromatic rings. The summed E-state index contributed by atoms with van der Waals surface area (Å²) in [5.41, 5.74) is 0.391. The Morgan fingerprint density at radius 1 is 1.60 bits per heavy atom. The lowest BCUT2D eigenvalue weighted by Gasteiger charge is -2.13. The van der Waals surface area contributed by atoms with Crippen LogP contribution in [0, 0.1) is 0 Å². The van der Waals surface area contributed by atoms with Gasteiger partial charge in [0.05, 0.1) is 13.7 Å². The molecule has 0 fully saturated rings. The normalized spacial score (nSPS) is 14.7. The lowest BCUT2D eigenvalue weighted by atomic mass is 10.1. The van der Waals surface area contributed by atoms with E-state index in [2.05, 4.69) is 4.74 Å². The first-order chi connectivity index (χ1) is 7.10. The van der Waals surface area contributed by atoms with Crippen LogP contribution in [0.3, 0.4) is 0 Å². The molecule has 0 radical (unpaired) electrons. The zero-order valence-corrected chi connectivity index (χ0v) is 8.90. The monoisotopic (exact) mass is 232 g/mol. The summed E-state index contributed by atoms with van der Waals surface area (Å²) in [6, 6.07) is 1.43. The average molecular weight is 232 g/mol. The fourth-order valence-electron chi connectivity index (χ4n) is 1.04. The second-order valence-electron chi connectivity index (χ2n) is 2.93. The van der Waals surface area contributed by atoms with Crippen molar-refractivity contribution in [1.82, 2.24) is 0 Å². The molecule has 2 unspecified atom stereocenters. The van der Waals surface area contributed by atoms with Crippen LogP contribution in [0.25, 0.3) is 0 Å². The van der Waals surface area contributed by atoms with Crippen molar-refractivity contribution in [2.24, 2.45) is 0 Å². The smallest absolute Gasteiger partial charge is 0.348 e. The van der Waals surface area contributed by atoms with Crippen LogP contribution in [0.4, 0.5) is 0 Å². The third-order valence-electron chi connectivity index (χ3n) is 1.90. The van der Waals surface area contributed by atoms with Gasteiger partial charge in [-0.3, -0.25) is 0 Å². The first-order valence-corrected chi connectivity index (χ1v) is 5.11. The first kappa shape index (κ1) is 12.1. The summed E-state index contributed by atoms with van der Waals surface area (Å²) < 4.78 is 4.49. The maximum atomic E-state index is 11.1. The van der Waals surface area contributed by atoms with Gasteiger partial charge in [0.25, 0.3) is 0 Å². The molecular formula is C9H12O5S. The maximum Gasteiger partial charge on any atom is 0.348 e. The van der Waals surface area contributed by atoms with E-state index in [1.165, 1.54) is 18.6 Å². The molecule has 0 saturated carbocycles. The molecule has 15 heavy (non-hydrogen) atoms. The van der Waals surface area contributed by atoms with Crippen LogP contribution in [0.2, 0.25) is 0 Å². The Morgan fingerprint density at radius 2 is 2.27 bits per heavy atom. The van der Waals surface area contributed by atoms with Crippen LogP contribution in [0.5, 0.6) is 0 Å². The van der Waals surface area contributed by atoms with Crippen molar-refractivity contribution in [2.45, 2.75) is 12.2 Å². The Morgan fingerprint density at radius 3 is 2.80 bits per heavy atom. The molecule has 1 heterocycles. The van der Waals surface area contributed by atoms with Gasteiger partial charge in [-0.15, -0.1) is 11.3 Å². The number of rotatable bonds is 4. The van der Waals surface area contributed by atoms with Gasteiger partial charge >= 0.3 is 5.97 Å². The topological polar surface area (TPSA) is 87.0 Å². The fourth-order valence-corrected chi connectivity index (χ4v) is 1.89. The quantitative estimate of drug-likeness (QED) is 0.632. The van der Waals surface area contributed by atoms with Crippen LogP contribution in [-0.2, 0) is 4.74 Å². The Balaban J connectivity index is 2.79. The fraction of sp³-hybridized carbons (Fsp3) is 0.444. The van der Waals surface area contributed by atoms with Gasteiger partial charge < -0.3 is 20.1 Å². The summed E-state index contributed by atoms with van der Waals surface area (Å²) in [5, 5.41) is 28.8. The minimum absolute atomic E-state index is 0.344. The average Bonchev–Trinajstić information content (AvgIpc) is 2.75. The molecule has 84 valence electrons. The Bertz CT molecular complexity index is 335. The molecule has 0 spiro atoms. The molecule has 0 amide bonds. The predicted molar refractivity (Wildman–Crippen MR) is 53.7 cm³/mol. The van der Waals surface area contributed by atoms with Gasteiger partial charge in [0.15, 0.2) is 0 Å². The van der Waals surface area contributed by atoms with E-state index in [1.54, 1.807) is 0 Å². The molecule has 2 atom stereocenters.